The summed E-state index contributed by atoms with van der Waals surface area (Å²) in [5, 5.41) is 113. The Balaban J connectivity index is 2.21. The maximum Gasteiger partial charge on any atom is 0.329 e. The minimum Gasteiger partial charge on any atom is -0.387 e. The van der Waals surface area contributed by atoms with Crippen LogP contribution in [0.25, 0.3) is 0 Å². The van der Waals surface area contributed by atoms with Crippen molar-refractivity contribution in [3.63, 3.8) is 0 Å². The Morgan fingerprint density at radius 2 is 0.417 bits per heavy atom. The molecule has 1 heterocycles. The largest absolute Gasteiger partial charge is 0.387 e. The SMILES string of the molecule is Nc1c([N+](=O)[O-])c(N)c([N+](=O)[O-])c(Nc2nc(Nc3c([N+](=O)[O-])c(N)c([N+](=O)[O-])c(N)c3[N+](=O)[O-])nc(Nc3c([N+](=O)[O-])c(N)c([N+](=O)[O-])c(N)c3[N+](=O)[O-])n2)c1[N+](=O)[O-]. The van der Waals surface area contributed by atoms with Crippen molar-refractivity contribution in [3.05, 3.63) is 91.0 Å². The van der Waals surface area contributed by atoms with Gasteiger partial charge in [0.25, 0.3) is 0 Å². The van der Waals surface area contributed by atoms with Crippen molar-refractivity contribution in [2.24, 2.45) is 0 Å². The molecule has 0 radical (unpaired) electrons. The normalized spacial score (nSPS) is 10.6. The third-order valence-electron chi connectivity index (χ3n) is 7.47. The Morgan fingerprint density at radius 3 is 0.533 bits per heavy atom. The van der Waals surface area contributed by atoms with Crippen LogP contribution in [0, 0.1) is 91.0 Å². The average molecular weight is 849 g/mol. The van der Waals surface area contributed by atoms with Crippen LogP contribution in [0.3, 0.4) is 0 Å². The smallest absolute Gasteiger partial charge is 0.329 e. The summed E-state index contributed by atoms with van der Waals surface area (Å²) in [4.78, 5) is 105. The zero-order valence-electron chi connectivity index (χ0n) is 28.2. The van der Waals surface area contributed by atoms with Crippen molar-refractivity contribution in [1.29, 1.82) is 0 Å². The van der Waals surface area contributed by atoms with E-state index in [-0.39, 0.29) is 0 Å². The third-order valence-corrected chi connectivity index (χ3v) is 7.47. The minimum absolute atomic E-state index is 1.38. The van der Waals surface area contributed by atoms with Gasteiger partial charge in [-0.2, -0.15) is 15.0 Å². The summed E-state index contributed by atoms with van der Waals surface area (Å²) in [5.74, 6) is -4.14. The Kier molecular flexibility index (Phi) is 10.5. The molecule has 3 aromatic carbocycles. The van der Waals surface area contributed by atoms with Crippen molar-refractivity contribution >= 4 is 120 Å². The van der Waals surface area contributed by atoms with Crippen molar-refractivity contribution in [1.82, 2.24) is 15.0 Å². The van der Waals surface area contributed by atoms with Crippen LogP contribution in [0.5, 0.6) is 0 Å². The Bertz CT molecular complexity index is 2300. The summed E-state index contributed by atoms with van der Waals surface area (Å²) in [6.45, 7) is 0. The summed E-state index contributed by atoms with van der Waals surface area (Å²) in [6, 6.07) is 0. The van der Waals surface area contributed by atoms with Gasteiger partial charge in [0.05, 0.1) is 44.3 Å². The highest BCUT2D eigenvalue weighted by Crippen LogP contribution is 2.54. The molecular weight excluding hydrogens is 834 g/mol. The summed E-state index contributed by atoms with van der Waals surface area (Å²) < 4.78 is 0. The molecule has 0 aliphatic rings. The Hall–Kier alpha value is -10.5. The van der Waals surface area contributed by atoms with Crippen LogP contribution in [-0.4, -0.2) is 59.3 Å². The molecule has 60 heavy (non-hydrogen) atoms. The van der Waals surface area contributed by atoms with Crippen LogP contribution < -0.4 is 50.4 Å². The quantitative estimate of drug-likeness (QED) is 0.0467. The number of benzene rings is 3. The maximum atomic E-state index is 12.1. The predicted octanol–water partition coefficient (Wildman–Crippen LogP) is 1.77. The summed E-state index contributed by atoms with van der Waals surface area (Å²) in [7, 11) is 0. The molecule has 0 saturated carbocycles. The number of aromatic nitrogens is 3. The molecule has 0 bridgehead atoms. The van der Waals surface area contributed by atoms with Crippen LogP contribution in [0.1, 0.15) is 0 Å². The van der Waals surface area contributed by atoms with Crippen LogP contribution in [0.15, 0.2) is 0 Å². The number of nitrogens with two attached hydrogens (primary N) is 6. The van der Waals surface area contributed by atoms with Gasteiger partial charge in [-0.3, -0.25) is 91.0 Å². The van der Waals surface area contributed by atoms with Crippen LogP contribution >= 0.6 is 0 Å². The zero-order valence-corrected chi connectivity index (χ0v) is 28.2. The predicted molar refractivity (Wildman–Crippen MR) is 195 cm³/mol. The lowest BCUT2D eigenvalue weighted by atomic mass is 10.1. The Morgan fingerprint density at radius 1 is 0.283 bits per heavy atom. The highest BCUT2D eigenvalue weighted by Gasteiger charge is 2.44. The lowest BCUT2D eigenvalue weighted by Gasteiger charge is -2.15. The Labute approximate surface area is 321 Å². The molecule has 1 aromatic heterocycles. The summed E-state index contributed by atoms with van der Waals surface area (Å²) in [5.41, 5.74) is 5.58. The molecule has 4 rings (SSSR count). The van der Waals surface area contributed by atoms with Crippen LogP contribution in [0.2, 0.25) is 0 Å². The summed E-state index contributed by atoms with van der Waals surface area (Å²) >= 11 is 0. The number of hydrogen-bond donors (Lipinski definition) is 9. The van der Waals surface area contributed by atoms with Crippen molar-refractivity contribution in [2.45, 2.75) is 0 Å². The van der Waals surface area contributed by atoms with Crippen molar-refractivity contribution in [3.8, 4) is 0 Å². The van der Waals surface area contributed by atoms with Gasteiger partial charge < -0.3 is 50.4 Å². The van der Waals surface area contributed by atoms with E-state index in [1.165, 1.54) is 0 Å². The lowest BCUT2D eigenvalue weighted by Crippen LogP contribution is -2.15. The van der Waals surface area contributed by atoms with Gasteiger partial charge in [0.1, 0.15) is 0 Å². The van der Waals surface area contributed by atoms with Gasteiger partial charge in [-0.1, -0.05) is 0 Å². The lowest BCUT2D eigenvalue weighted by molar-refractivity contribution is -0.399. The molecule has 0 unspecified atom stereocenters. The topological polar surface area (TPSA) is 619 Å². The molecule has 0 aliphatic heterocycles. The number of nitrogen functional groups attached to an aromatic ring is 6. The number of nitrogens with one attached hydrogen (secondary N) is 3. The van der Waals surface area contributed by atoms with Gasteiger partial charge in [-0.25, -0.2) is 0 Å². The molecule has 4 aromatic rings. The average Bonchev–Trinajstić information content (AvgIpc) is 3.06. The number of nitro benzene ring substituents is 9. The van der Waals surface area contributed by atoms with Crippen molar-refractivity contribution in [2.75, 3.05) is 50.4 Å². The molecule has 312 valence electrons. The van der Waals surface area contributed by atoms with Gasteiger partial charge in [-0.05, 0) is 0 Å². The number of anilines is 12. The second-order valence-electron chi connectivity index (χ2n) is 10.7. The number of rotatable bonds is 15. The van der Waals surface area contributed by atoms with E-state index in [2.05, 4.69) is 15.0 Å². The molecule has 15 N–H and O–H groups in total. The van der Waals surface area contributed by atoms with Crippen molar-refractivity contribution < 1.29 is 44.3 Å². The fourth-order valence-electron chi connectivity index (χ4n) is 5.21. The molecule has 0 fully saturated rings. The van der Waals surface area contributed by atoms with E-state index in [4.69, 9.17) is 34.4 Å². The minimum atomic E-state index is -1.68. The fourth-order valence-corrected chi connectivity index (χ4v) is 5.21. The van der Waals surface area contributed by atoms with E-state index in [9.17, 15) is 91.0 Å². The van der Waals surface area contributed by atoms with Gasteiger partial charge in [0.15, 0.2) is 34.1 Å². The number of hydrogen-bond acceptors (Lipinski definition) is 30. The molecule has 0 aliphatic carbocycles. The molecule has 39 nitrogen and oxygen atoms in total. The van der Waals surface area contributed by atoms with E-state index < -0.39 is 165 Å². The highest BCUT2D eigenvalue weighted by molar-refractivity contribution is 6.01. The van der Waals surface area contributed by atoms with Gasteiger partial charge in [0.2, 0.25) is 34.9 Å². The van der Waals surface area contributed by atoms with Crippen LogP contribution in [-0.2, 0) is 0 Å². The first kappa shape index (κ1) is 42.2. The van der Waals surface area contributed by atoms with Gasteiger partial charge in [-0.15, -0.1) is 0 Å². The number of nitro groups is 9. The van der Waals surface area contributed by atoms with Gasteiger partial charge >= 0.3 is 51.2 Å². The molecular formula is C21H15N21O18. The summed E-state index contributed by atoms with van der Waals surface area (Å²) in [6.07, 6.45) is 0. The van der Waals surface area contributed by atoms with E-state index >= 15 is 0 Å². The molecule has 0 saturated heterocycles. The first-order chi connectivity index (χ1) is 27.8. The third kappa shape index (κ3) is 6.95. The van der Waals surface area contributed by atoms with Crippen LogP contribution in [0.4, 0.5) is 120 Å². The first-order valence-corrected chi connectivity index (χ1v) is 14.4. The van der Waals surface area contributed by atoms with E-state index in [0.717, 1.165) is 0 Å². The monoisotopic (exact) mass is 849 g/mol. The number of nitrogens with zero attached hydrogens (tertiary/aromatic N) is 12. The standard InChI is InChI=1S/C21H15N21O18/c22-1-10(34(43)44)2(23)14(38(51)52)7(13(1)37(49)50)28-19-31-20(29-8-15(39(53)54)3(24)11(35(45)46)4(25)16(8)40(55)56)33-21(32-19)30-9-17(41(57)58)5(26)12(36(47)48)6(27)18(9)42(59)60/h22-27H2,(H3,28,29,30,31,32,33). The maximum absolute atomic E-state index is 12.1. The second kappa shape index (κ2) is 15.0. The van der Waals surface area contributed by atoms with E-state index in [0.29, 0.717) is 0 Å². The molecule has 0 spiro atoms. The van der Waals surface area contributed by atoms with Gasteiger partial charge in [0, 0.05) is 0 Å². The molecule has 0 amide bonds. The van der Waals surface area contributed by atoms with E-state index in [1.807, 2.05) is 16.0 Å². The fraction of sp³-hybridized carbons (Fsp3) is 0. The van der Waals surface area contributed by atoms with E-state index in [1.54, 1.807) is 0 Å². The molecule has 39 heteroatoms. The first-order valence-electron chi connectivity index (χ1n) is 14.4. The second-order valence-corrected chi connectivity index (χ2v) is 10.7. The zero-order chi connectivity index (χ0) is 45.6. The molecule has 0 atom stereocenters. The highest BCUT2D eigenvalue weighted by atomic mass is 16.7.